The number of aliphatic hydroxyl groups is 1. The van der Waals surface area contributed by atoms with E-state index in [1.807, 2.05) is 27.0 Å². The molecule has 0 spiro atoms. The maximum atomic E-state index is 13.8. The summed E-state index contributed by atoms with van der Waals surface area (Å²) in [7, 11) is 1.94. The molecule has 206 valence electrons. The molecule has 2 aromatic rings. The lowest BCUT2D eigenvalue weighted by atomic mass is 9.84. The minimum absolute atomic E-state index is 0.164. The van der Waals surface area contributed by atoms with E-state index in [9.17, 15) is 28.3 Å². The molecule has 0 fully saturated rings. The van der Waals surface area contributed by atoms with Crippen LogP contribution in [0.1, 0.15) is 78.1 Å². The van der Waals surface area contributed by atoms with Gasteiger partial charge in [0.2, 0.25) is 0 Å². The number of rotatable bonds is 10. The highest BCUT2D eigenvalue weighted by molar-refractivity contribution is 5.97. The summed E-state index contributed by atoms with van der Waals surface area (Å²) in [5.41, 5.74) is 2.45. The normalized spacial score (nSPS) is 16.1. The average molecular weight is 533 g/mol. The second-order valence-electron chi connectivity index (χ2n) is 9.71. The summed E-state index contributed by atoms with van der Waals surface area (Å²) in [6, 6.07) is 6.58. The van der Waals surface area contributed by atoms with Gasteiger partial charge in [-0.15, -0.1) is 0 Å². The number of aromatic nitrogens is 1. The number of nitriles is 1. The molecule has 3 unspecified atom stereocenters. The Balaban J connectivity index is 2.02. The predicted octanol–water partition coefficient (Wildman–Crippen LogP) is 4.84. The molecule has 0 saturated heterocycles. The third kappa shape index (κ3) is 6.27. The number of carbonyl (C=O) groups is 1. The Morgan fingerprint density at radius 2 is 1.97 bits per heavy atom. The number of alkyl halides is 3. The molecule has 1 amide bonds. The lowest BCUT2D eigenvalue weighted by Crippen LogP contribution is -2.40. The summed E-state index contributed by atoms with van der Waals surface area (Å²) in [5.74, 6) is -1.93. The minimum atomic E-state index is -4.58. The zero-order valence-corrected chi connectivity index (χ0v) is 22.5. The smallest absolute Gasteiger partial charge is 0.394 e. The van der Waals surface area contributed by atoms with Crippen molar-refractivity contribution in [2.45, 2.75) is 58.9 Å². The van der Waals surface area contributed by atoms with Gasteiger partial charge in [0.25, 0.3) is 5.91 Å². The van der Waals surface area contributed by atoms with Crippen molar-refractivity contribution in [2.24, 2.45) is 5.92 Å². The number of ether oxygens (including phenoxy) is 1. The lowest BCUT2D eigenvalue weighted by Gasteiger charge is -2.36. The van der Waals surface area contributed by atoms with Gasteiger partial charge in [-0.1, -0.05) is 19.9 Å². The standard InChI is InChI=1S/C28H35F3N4O3/c1-6-34(5)10-8-19-12-22(26(36)17(3)28(29,30)31)21-9-11-35(27(37)23(21)13-19)18(4)24-14-25(38-7-2)20(15-32)16-33-24/h12-14,16-18,26,36H,6-11H2,1-5H3. The first-order chi connectivity index (χ1) is 17.9. The van der Waals surface area contributed by atoms with Gasteiger partial charge in [0, 0.05) is 30.9 Å². The van der Waals surface area contributed by atoms with E-state index < -0.39 is 24.2 Å². The first-order valence-corrected chi connectivity index (χ1v) is 12.9. The Kier molecular flexibility index (Phi) is 9.39. The number of aliphatic hydroxyl groups excluding tert-OH is 1. The van der Waals surface area contributed by atoms with E-state index in [4.69, 9.17) is 4.74 Å². The third-order valence-corrected chi connectivity index (χ3v) is 7.27. The highest BCUT2D eigenvalue weighted by Crippen LogP contribution is 2.40. The SMILES string of the molecule is CCOc1cc(C(C)N2CCc3c(cc(CCN(C)CC)cc3C(O)C(C)C(F)(F)F)C2=O)ncc1C#N. The Morgan fingerprint density at radius 1 is 1.26 bits per heavy atom. The Labute approximate surface area is 221 Å². The van der Waals surface area contributed by atoms with Crippen LogP contribution in [0.5, 0.6) is 5.75 Å². The molecule has 7 nitrogen and oxygen atoms in total. The first kappa shape index (κ1) is 29.4. The van der Waals surface area contributed by atoms with Gasteiger partial charge >= 0.3 is 6.18 Å². The molecule has 3 rings (SSSR count). The summed E-state index contributed by atoms with van der Waals surface area (Å²) in [5, 5.41) is 20.1. The van der Waals surface area contributed by atoms with Gasteiger partial charge in [0.1, 0.15) is 17.4 Å². The van der Waals surface area contributed by atoms with E-state index in [0.29, 0.717) is 54.1 Å². The number of likely N-dealkylation sites (N-methyl/N-ethyl adjacent to an activating group) is 1. The maximum absolute atomic E-state index is 13.8. The van der Waals surface area contributed by atoms with Crippen LogP contribution in [0.4, 0.5) is 13.2 Å². The van der Waals surface area contributed by atoms with Crippen molar-refractivity contribution in [1.82, 2.24) is 14.8 Å². The number of nitrogens with zero attached hydrogens (tertiary/aromatic N) is 4. The van der Waals surface area contributed by atoms with E-state index in [1.165, 1.54) is 6.20 Å². The van der Waals surface area contributed by atoms with Crippen LogP contribution in [-0.4, -0.2) is 65.3 Å². The third-order valence-electron chi connectivity index (χ3n) is 7.27. The molecule has 1 aromatic carbocycles. The summed E-state index contributed by atoms with van der Waals surface area (Å²) in [6.45, 7) is 8.65. The fourth-order valence-corrected chi connectivity index (χ4v) is 4.62. The van der Waals surface area contributed by atoms with Crippen LogP contribution in [0.2, 0.25) is 0 Å². The Morgan fingerprint density at radius 3 is 2.58 bits per heavy atom. The van der Waals surface area contributed by atoms with Crippen molar-refractivity contribution in [1.29, 1.82) is 5.26 Å². The molecule has 0 bridgehead atoms. The molecule has 10 heteroatoms. The number of fused-ring (bicyclic) bond motifs is 1. The van der Waals surface area contributed by atoms with Gasteiger partial charge in [0.05, 0.1) is 30.4 Å². The lowest BCUT2D eigenvalue weighted by molar-refractivity contribution is -0.195. The van der Waals surface area contributed by atoms with E-state index in [-0.39, 0.29) is 23.6 Å². The molecule has 38 heavy (non-hydrogen) atoms. The highest BCUT2D eigenvalue weighted by Gasteiger charge is 2.43. The van der Waals surface area contributed by atoms with E-state index in [0.717, 1.165) is 13.5 Å². The van der Waals surface area contributed by atoms with Crippen LogP contribution in [0.25, 0.3) is 0 Å². The van der Waals surface area contributed by atoms with Crippen LogP contribution in [-0.2, 0) is 12.8 Å². The van der Waals surface area contributed by atoms with E-state index >= 15 is 0 Å². The van der Waals surface area contributed by atoms with Crippen LogP contribution < -0.4 is 4.74 Å². The molecule has 2 heterocycles. The van der Waals surface area contributed by atoms with Crippen molar-refractivity contribution < 1.29 is 27.8 Å². The molecule has 0 radical (unpaired) electrons. The number of benzene rings is 1. The number of halogens is 3. The number of pyridine rings is 1. The van der Waals surface area contributed by atoms with Gasteiger partial charge in [-0.2, -0.15) is 18.4 Å². The van der Waals surface area contributed by atoms with Gasteiger partial charge in [-0.3, -0.25) is 9.78 Å². The van der Waals surface area contributed by atoms with Crippen molar-refractivity contribution >= 4 is 5.91 Å². The monoisotopic (exact) mass is 532 g/mol. The molecule has 0 saturated carbocycles. The Bertz CT molecular complexity index is 1200. The van der Waals surface area contributed by atoms with Crippen LogP contribution in [0, 0.1) is 17.2 Å². The molecule has 3 atom stereocenters. The van der Waals surface area contributed by atoms with E-state index in [2.05, 4.69) is 9.88 Å². The van der Waals surface area contributed by atoms with Crippen LogP contribution >= 0.6 is 0 Å². The largest absolute Gasteiger partial charge is 0.492 e. The van der Waals surface area contributed by atoms with Crippen molar-refractivity contribution in [2.75, 3.05) is 33.3 Å². The summed E-state index contributed by atoms with van der Waals surface area (Å²) < 4.78 is 46.1. The van der Waals surface area contributed by atoms with Crippen LogP contribution in [0.15, 0.2) is 24.4 Å². The maximum Gasteiger partial charge on any atom is 0.394 e. The van der Waals surface area contributed by atoms with Gasteiger partial charge in [-0.05, 0) is 63.0 Å². The van der Waals surface area contributed by atoms with Gasteiger partial charge in [0.15, 0.2) is 0 Å². The zero-order valence-electron chi connectivity index (χ0n) is 22.5. The molecule has 1 N–H and O–H groups in total. The average Bonchev–Trinajstić information content (AvgIpc) is 2.90. The fourth-order valence-electron chi connectivity index (χ4n) is 4.62. The van der Waals surface area contributed by atoms with E-state index in [1.54, 1.807) is 30.0 Å². The molecule has 1 aliphatic heterocycles. The second kappa shape index (κ2) is 12.1. The predicted molar refractivity (Wildman–Crippen MR) is 137 cm³/mol. The van der Waals surface area contributed by atoms with Gasteiger partial charge in [-0.25, -0.2) is 0 Å². The van der Waals surface area contributed by atoms with Gasteiger partial charge < -0.3 is 19.6 Å². The number of hydrogen-bond acceptors (Lipinski definition) is 6. The molecular formula is C28H35F3N4O3. The van der Waals surface area contributed by atoms with Crippen molar-refractivity contribution in [3.8, 4) is 11.8 Å². The fraction of sp³-hybridized carbons (Fsp3) is 0.536. The van der Waals surface area contributed by atoms with Crippen molar-refractivity contribution in [3.05, 3.63) is 57.9 Å². The molecule has 1 aromatic heterocycles. The van der Waals surface area contributed by atoms with Crippen LogP contribution in [0.3, 0.4) is 0 Å². The topological polar surface area (TPSA) is 89.7 Å². The number of amides is 1. The highest BCUT2D eigenvalue weighted by atomic mass is 19.4. The first-order valence-electron chi connectivity index (χ1n) is 12.9. The second-order valence-corrected chi connectivity index (χ2v) is 9.71. The molecule has 0 aliphatic carbocycles. The number of hydrogen-bond donors (Lipinski definition) is 1. The summed E-state index contributed by atoms with van der Waals surface area (Å²) >= 11 is 0. The number of carbonyl (C=O) groups excluding carboxylic acids is 1. The summed E-state index contributed by atoms with van der Waals surface area (Å²) in [6.07, 6.45) is -4.13. The minimum Gasteiger partial charge on any atom is -0.492 e. The quantitative estimate of drug-likeness (QED) is 0.471. The molecular weight excluding hydrogens is 497 g/mol. The Hall–Kier alpha value is -3.16. The van der Waals surface area contributed by atoms with Crippen molar-refractivity contribution in [3.63, 3.8) is 0 Å². The summed E-state index contributed by atoms with van der Waals surface area (Å²) in [4.78, 5) is 21.8. The molecule has 1 aliphatic rings. The zero-order chi connectivity index (χ0) is 28.2.